The van der Waals surface area contributed by atoms with Crippen LogP contribution in [0.25, 0.3) is 22.0 Å². The Kier molecular flexibility index (Phi) is 8.06. The number of hydrogen-bond acceptors (Lipinski definition) is 6. The van der Waals surface area contributed by atoms with Gasteiger partial charge >= 0.3 is 0 Å². The summed E-state index contributed by atoms with van der Waals surface area (Å²) in [6, 6.07) is 15.3. The fourth-order valence-electron chi connectivity index (χ4n) is 5.56. The standard InChI is InChI=1S/C30H37N5O5S/c1-20-14-35(21(2)17-36)30(37)29-28(24-12-8-9-13-25(24)34(29)5)23-11-7-6-10-22(23)18-40-26(20)15-33(4)41(38,39)27-16-32(3)19-31-27/h6-13,16,19-21,26,36H,14-15,17-18H2,1-5H3/t20-,21+,26-/m0/s1. The van der Waals surface area contributed by atoms with Gasteiger partial charge in [0.15, 0.2) is 5.03 Å². The molecule has 3 atom stereocenters. The van der Waals surface area contributed by atoms with Crippen LogP contribution in [0.1, 0.15) is 29.9 Å². The molecule has 0 saturated heterocycles. The quantitative estimate of drug-likeness (QED) is 0.376. The first-order valence-corrected chi connectivity index (χ1v) is 15.1. The maximum Gasteiger partial charge on any atom is 0.271 e. The van der Waals surface area contributed by atoms with Crippen molar-refractivity contribution < 1.29 is 23.1 Å². The van der Waals surface area contributed by atoms with E-state index >= 15 is 0 Å². The fraction of sp³-hybridized carbons (Fsp3) is 0.400. The minimum Gasteiger partial charge on any atom is -0.394 e. The number of aryl methyl sites for hydroxylation is 2. The Balaban J connectivity index is 1.61. The van der Waals surface area contributed by atoms with Gasteiger partial charge in [0, 0.05) is 62.8 Å². The van der Waals surface area contributed by atoms with Gasteiger partial charge < -0.3 is 23.9 Å². The number of rotatable bonds is 6. The van der Waals surface area contributed by atoms with Crippen molar-refractivity contribution in [3.8, 4) is 11.1 Å². The van der Waals surface area contributed by atoms with E-state index in [4.69, 9.17) is 4.74 Å². The smallest absolute Gasteiger partial charge is 0.271 e. The number of benzene rings is 2. The average molecular weight is 580 g/mol. The van der Waals surface area contributed by atoms with Crippen LogP contribution >= 0.6 is 0 Å². The molecule has 2 aromatic carbocycles. The minimum atomic E-state index is -3.86. The second-order valence-corrected chi connectivity index (χ2v) is 12.9. The highest BCUT2D eigenvalue weighted by molar-refractivity contribution is 7.89. The number of aromatic nitrogens is 3. The summed E-state index contributed by atoms with van der Waals surface area (Å²) < 4.78 is 37.9. The van der Waals surface area contributed by atoms with Crippen molar-refractivity contribution >= 4 is 26.8 Å². The highest BCUT2D eigenvalue weighted by Gasteiger charge is 2.35. The van der Waals surface area contributed by atoms with Crippen LogP contribution in [-0.2, 0) is 35.5 Å². The summed E-state index contributed by atoms with van der Waals surface area (Å²) in [7, 11) is 1.26. The van der Waals surface area contributed by atoms with Gasteiger partial charge in [-0.1, -0.05) is 49.4 Å². The average Bonchev–Trinajstić information content (AvgIpc) is 3.53. The second kappa shape index (κ2) is 11.4. The normalized spacial score (nSPS) is 19.2. The van der Waals surface area contributed by atoms with E-state index in [0.29, 0.717) is 5.69 Å². The zero-order valence-electron chi connectivity index (χ0n) is 24.1. The van der Waals surface area contributed by atoms with Crippen LogP contribution < -0.4 is 0 Å². The summed E-state index contributed by atoms with van der Waals surface area (Å²) in [6.45, 7) is 4.10. The molecule has 2 aromatic heterocycles. The molecule has 5 rings (SSSR count). The topological polar surface area (TPSA) is 110 Å². The lowest BCUT2D eigenvalue weighted by atomic mass is 9.96. The highest BCUT2D eigenvalue weighted by Crippen LogP contribution is 2.38. The Morgan fingerprint density at radius 1 is 1.15 bits per heavy atom. The summed E-state index contributed by atoms with van der Waals surface area (Å²) in [4.78, 5) is 20.1. The van der Waals surface area contributed by atoms with Crippen molar-refractivity contribution in [2.75, 3.05) is 26.7 Å². The predicted molar refractivity (Wildman–Crippen MR) is 157 cm³/mol. The summed E-state index contributed by atoms with van der Waals surface area (Å²) >= 11 is 0. The first-order valence-electron chi connectivity index (χ1n) is 13.7. The lowest BCUT2D eigenvalue weighted by molar-refractivity contribution is -0.0147. The number of para-hydroxylation sites is 1. The van der Waals surface area contributed by atoms with E-state index in [-0.39, 0.29) is 43.2 Å². The van der Waals surface area contributed by atoms with E-state index in [2.05, 4.69) is 4.98 Å². The van der Waals surface area contributed by atoms with Crippen LogP contribution in [0.3, 0.4) is 0 Å². The number of carbonyl (C=O) groups excluding carboxylic acids is 1. The van der Waals surface area contributed by atoms with Gasteiger partial charge in [0.25, 0.3) is 15.9 Å². The first-order chi connectivity index (χ1) is 19.5. The third kappa shape index (κ3) is 5.30. The molecule has 3 heterocycles. The maximum absolute atomic E-state index is 14.4. The molecule has 1 amide bonds. The Morgan fingerprint density at radius 2 is 1.85 bits per heavy atom. The van der Waals surface area contributed by atoms with Gasteiger partial charge in [-0.15, -0.1) is 0 Å². The number of aliphatic hydroxyl groups is 1. The van der Waals surface area contributed by atoms with Crippen LogP contribution in [0.4, 0.5) is 0 Å². The molecule has 41 heavy (non-hydrogen) atoms. The molecule has 0 fully saturated rings. The van der Waals surface area contributed by atoms with Crippen LogP contribution in [0, 0.1) is 5.92 Å². The molecule has 218 valence electrons. The summed E-state index contributed by atoms with van der Waals surface area (Å²) in [6.07, 6.45) is 2.37. The number of amides is 1. The molecule has 11 heteroatoms. The van der Waals surface area contributed by atoms with Crippen LogP contribution in [0.5, 0.6) is 0 Å². The van der Waals surface area contributed by atoms with E-state index in [1.54, 1.807) is 16.5 Å². The Morgan fingerprint density at radius 3 is 2.56 bits per heavy atom. The number of likely N-dealkylation sites (N-methyl/N-ethyl adjacent to an activating group) is 1. The zero-order valence-corrected chi connectivity index (χ0v) is 24.9. The Bertz CT molecular complexity index is 1680. The zero-order chi connectivity index (χ0) is 29.5. The number of fused-ring (bicyclic) bond motifs is 5. The predicted octanol–water partition coefficient (Wildman–Crippen LogP) is 3.26. The lowest BCUT2D eigenvalue weighted by Gasteiger charge is -2.34. The van der Waals surface area contributed by atoms with Crippen LogP contribution in [0.2, 0.25) is 0 Å². The molecule has 0 aliphatic carbocycles. The minimum absolute atomic E-state index is 0.0369. The lowest BCUT2D eigenvalue weighted by Crippen LogP contribution is -2.48. The van der Waals surface area contributed by atoms with Crippen molar-refractivity contribution in [1.29, 1.82) is 0 Å². The monoisotopic (exact) mass is 579 g/mol. The van der Waals surface area contributed by atoms with Crippen LogP contribution in [-0.4, -0.2) is 81.6 Å². The first kappa shape index (κ1) is 29.0. The van der Waals surface area contributed by atoms with Gasteiger partial charge in [0.2, 0.25) is 0 Å². The summed E-state index contributed by atoms with van der Waals surface area (Å²) in [5.41, 5.74) is 4.08. The molecule has 4 aromatic rings. The van der Waals surface area contributed by atoms with Crippen molar-refractivity contribution in [2.45, 2.75) is 37.6 Å². The van der Waals surface area contributed by atoms with Gasteiger partial charge in [-0.3, -0.25) is 4.79 Å². The maximum atomic E-state index is 14.4. The summed E-state index contributed by atoms with van der Waals surface area (Å²) in [5.74, 6) is -0.463. The van der Waals surface area contributed by atoms with E-state index in [9.17, 15) is 18.3 Å². The molecule has 0 radical (unpaired) electrons. The number of nitrogens with zero attached hydrogens (tertiary/aromatic N) is 5. The van der Waals surface area contributed by atoms with E-state index in [1.165, 1.54) is 23.9 Å². The highest BCUT2D eigenvalue weighted by atomic mass is 32.2. The number of hydrogen-bond donors (Lipinski definition) is 1. The van der Waals surface area contributed by atoms with Gasteiger partial charge in [0.1, 0.15) is 5.69 Å². The SMILES string of the molecule is C[C@H](CO)N1C[C@H](C)[C@H](CN(C)S(=O)(=O)c2cn(C)cn2)OCc2ccccc2-c2c(n(C)c3ccccc23)C1=O. The second-order valence-electron chi connectivity index (χ2n) is 10.9. The molecule has 1 N–H and O–H groups in total. The molecule has 1 aliphatic rings. The van der Waals surface area contributed by atoms with Gasteiger partial charge in [-0.05, 0) is 24.1 Å². The van der Waals surface area contributed by atoms with Crippen LogP contribution in [0.15, 0.2) is 66.1 Å². The Hall–Kier alpha value is -3.51. The molecular formula is C30H37N5O5S. The van der Waals surface area contributed by atoms with Crippen molar-refractivity contribution in [3.05, 3.63) is 72.3 Å². The van der Waals surface area contributed by atoms with Crippen molar-refractivity contribution in [3.63, 3.8) is 0 Å². The summed E-state index contributed by atoms with van der Waals surface area (Å²) in [5, 5.41) is 11.1. The number of aliphatic hydroxyl groups excluding tert-OH is 1. The molecule has 0 bridgehead atoms. The third-order valence-corrected chi connectivity index (χ3v) is 9.73. The number of sulfonamides is 1. The largest absolute Gasteiger partial charge is 0.394 e. The third-order valence-electron chi connectivity index (χ3n) is 8.02. The fourth-order valence-corrected chi connectivity index (χ4v) is 6.70. The molecule has 0 unspecified atom stereocenters. The number of ether oxygens (including phenoxy) is 1. The number of carbonyl (C=O) groups is 1. The van der Waals surface area contributed by atoms with Gasteiger partial charge in [-0.2, -0.15) is 4.31 Å². The Labute approximate surface area is 240 Å². The molecule has 1 aliphatic heterocycles. The van der Waals surface area contributed by atoms with Gasteiger partial charge in [-0.25, -0.2) is 13.4 Å². The van der Waals surface area contributed by atoms with E-state index in [1.807, 2.05) is 74.0 Å². The molecular weight excluding hydrogens is 542 g/mol. The van der Waals surface area contributed by atoms with E-state index < -0.39 is 22.2 Å². The van der Waals surface area contributed by atoms with Crippen molar-refractivity contribution in [2.24, 2.45) is 20.0 Å². The molecule has 0 saturated carbocycles. The number of imidazole rings is 1. The molecule has 10 nitrogen and oxygen atoms in total. The van der Waals surface area contributed by atoms with E-state index in [0.717, 1.165) is 27.6 Å². The molecule has 0 spiro atoms. The van der Waals surface area contributed by atoms with Gasteiger partial charge in [0.05, 0.1) is 31.7 Å². The van der Waals surface area contributed by atoms with Crippen molar-refractivity contribution in [1.82, 2.24) is 23.3 Å².